The van der Waals surface area contributed by atoms with E-state index in [1.165, 1.54) is 0 Å². The molecule has 0 atom stereocenters. The monoisotopic (exact) mass is 350 g/mol. The summed E-state index contributed by atoms with van der Waals surface area (Å²) in [5.41, 5.74) is 5.85. The van der Waals surface area contributed by atoms with Gasteiger partial charge in [-0.3, -0.25) is 0 Å². The molecule has 0 aliphatic rings. The van der Waals surface area contributed by atoms with Crippen LogP contribution < -0.4 is 0 Å². The Balaban J connectivity index is 1.84. The van der Waals surface area contributed by atoms with Crippen molar-refractivity contribution in [2.24, 2.45) is 10.2 Å². The number of hydrogen-bond acceptors (Lipinski definition) is 4. The van der Waals surface area contributed by atoms with E-state index in [0.717, 1.165) is 33.6 Å². The Morgan fingerprint density at radius 2 is 1.04 bits per heavy atom. The van der Waals surface area contributed by atoms with Gasteiger partial charge in [0.05, 0.1) is 37.8 Å². The first-order chi connectivity index (χ1) is 12.5. The first-order valence-electron chi connectivity index (χ1n) is 8.57. The molecule has 26 heavy (non-hydrogen) atoms. The molecule has 136 valence electrons. The molecule has 0 N–H and O–H groups in total. The lowest BCUT2D eigenvalue weighted by Crippen LogP contribution is -1.95. The molecule has 0 radical (unpaired) electrons. The first-order valence-corrected chi connectivity index (χ1v) is 8.57. The molecule has 0 amide bonds. The Kier molecular flexibility index (Phi) is 7.93. The lowest BCUT2D eigenvalue weighted by molar-refractivity contribution is 0.143. The van der Waals surface area contributed by atoms with Crippen molar-refractivity contribution in [1.29, 1.82) is 0 Å². The second-order valence-electron chi connectivity index (χ2n) is 6.43. The number of hydrogen-bond donors (Lipinski definition) is 0. The Bertz CT molecular complexity index is 681. The molecule has 0 aliphatic carbocycles. The van der Waals surface area contributed by atoms with Crippen LogP contribution in [0.3, 0.4) is 0 Å². The van der Waals surface area contributed by atoms with Gasteiger partial charge in [0.25, 0.3) is 0 Å². The molecular weight excluding hydrogens is 324 g/mol. The number of azo groups is 1. The van der Waals surface area contributed by atoms with Crippen molar-refractivity contribution in [1.82, 2.24) is 0 Å². The van der Waals surface area contributed by atoms with E-state index < -0.39 is 0 Å². The molecule has 2 rings (SSSR count). The van der Waals surface area contributed by atoms with E-state index in [9.17, 15) is 0 Å². The van der Waals surface area contributed by atoms with Gasteiger partial charge < -0.3 is 9.47 Å². The van der Waals surface area contributed by atoms with Crippen LogP contribution in [0.4, 0.5) is 11.4 Å². The van der Waals surface area contributed by atoms with E-state index >= 15 is 0 Å². The van der Waals surface area contributed by atoms with Crippen LogP contribution in [0.1, 0.15) is 25.0 Å². The van der Waals surface area contributed by atoms with Gasteiger partial charge >= 0.3 is 0 Å². The standard InChI is InChI=1S/C22H26N2O2/c1-17(2)13-25-15-19-5-9-21(10-6-19)23-24-22-11-7-20(8-12-22)16-26-14-18(3)4/h5-12H,1,3,13-16H2,2,4H3. The summed E-state index contributed by atoms with van der Waals surface area (Å²) in [5, 5.41) is 8.54. The molecule has 0 saturated carbocycles. The van der Waals surface area contributed by atoms with E-state index in [4.69, 9.17) is 9.47 Å². The van der Waals surface area contributed by atoms with E-state index in [1.54, 1.807) is 0 Å². The van der Waals surface area contributed by atoms with Crippen molar-refractivity contribution in [2.75, 3.05) is 13.2 Å². The number of benzene rings is 2. The molecule has 0 fully saturated rings. The van der Waals surface area contributed by atoms with Crippen LogP contribution in [0.2, 0.25) is 0 Å². The van der Waals surface area contributed by atoms with Gasteiger partial charge in [-0.05, 0) is 49.2 Å². The molecule has 0 saturated heterocycles. The summed E-state index contributed by atoms with van der Waals surface area (Å²) in [4.78, 5) is 0. The molecule has 4 heteroatoms. The summed E-state index contributed by atoms with van der Waals surface area (Å²) in [7, 11) is 0. The zero-order valence-electron chi connectivity index (χ0n) is 15.6. The smallest absolute Gasteiger partial charge is 0.0857 e. The maximum absolute atomic E-state index is 5.53. The fourth-order valence-electron chi connectivity index (χ4n) is 2.12. The molecule has 0 aromatic heterocycles. The maximum Gasteiger partial charge on any atom is 0.0857 e. The average molecular weight is 350 g/mol. The van der Waals surface area contributed by atoms with Gasteiger partial charge in [0, 0.05) is 0 Å². The van der Waals surface area contributed by atoms with Crippen LogP contribution in [-0.2, 0) is 22.7 Å². The first kappa shape index (κ1) is 19.8. The molecule has 0 aliphatic heterocycles. The minimum Gasteiger partial charge on any atom is -0.372 e. The number of nitrogens with zero attached hydrogens (tertiary/aromatic N) is 2. The Labute approximate surface area is 155 Å². The van der Waals surface area contributed by atoms with Crippen molar-refractivity contribution in [3.05, 3.63) is 84.0 Å². The second-order valence-corrected chi connectivity index (χ2v) is 6.43. The predicted octanol–water partition coefficient (Wildman–Crippen LogP) is 6.29. The summed E-state index contributed by atoms with van der Waals surface area (Å²) >= 11 is 0. The highest BCUT2D eigenvalue weighted by Crippen LogP contribution is 2.20. The van der Waals surface area contributed by atoms with Crippen molar-refractivity contribution in [3.8, 4) is 0 Å². The van der Waals surface area contributed by atoms with E-state index in [1.807, 2.05) is 62.4 Å². The highest BCUT2D eigenvalue weighted by molar-refractivity contribution is 5.42. The van der Waals surface area contributed by atoms with Crippen LogP contribution in [0.15, 0.2) is 83.1 Å². The molecule has 0 spiro atoms. The van der Waals surface area contributed by atoms with Gasteiger partial charge in [0.15, 0.2) is 0 Å². The average Bonchev–Trinajstić information content (AvgIpc) is 2.61. The summed E-state index contributed by atoms with van der Waals surface area (Å²) in [6.45, 7) is 13.8. The fourth-order valence-corrected chi connectivity index (χ4v) is 2.12. The lowest BCUT2D eigenvalue weighted by Gasteiger charge is -2.04. The zero-order chi connectivity index (χ0) is 18.8. The normalized spacial score (nSPS) is 11.0. The maximum atomic E-state index is 5.53. The third-order valence-electron chi connectivity index (χ3n) is 3.39. The topological polar surface area (TPSA) is 43.2 Å². The van der Waals surface area contributed by atoms with Crippen LogP contribution in [0.25, 0.3) is 0 Å². The van der Waals surface area contributed by atoms with E-state index in [-0.39, 0.29) is 0 Å². The molecule has 2 aromatic carbocycles. The molecular formula is C22H26N2O2. The predicted molar refractivity (Wildman–Crippen MR) is 106 cm³/mol. The molecule has 0 unspecified atom stereocenters. The van der Waals surface area contributed by atoms with Crippen LogP contribution >= 0.6 is 0 Å². The van der Waals surface area contributed by atoms with Crippen LogP contribution in [-0.4, -0.2) is 13.2 Å². The summed E-state index contributed by atoms with van der Waals surface area (Å²) in [6, 6.07) is 15.7. The minimum atomic E-state index is 0.569. The van der Waals surface area contributed by atoms with Crippen molar-refractivity contribution in [3.63, 3.8) is 0 Å². The Hall–Kier alpha value is -2.56. The quantitative estimate of drug-likeness (QED) is 0.373. The largest absolute Gasteiger partial charge is 0.372 e. The zero-order valence-corrected chi connectivity index (χ0v) is 15.6. The van der Waals surface area contributed by atoms with Gasteiger partial charge in [-0.2, -0.15) is 10.2 Å². The van der Waals surface area contributed by atoms with E-state index in [0.29, 0.717) is 26.4 Å². The third kappa shape index (κ3) is 7.55. The van der Waals surface area contributed by atoms with E-state index in [2.05, 4.69) is 23.4 Å². The Morgan fingerprint density at radius 1 is 0.692 bits per heavy atom. The van der Waals surface area contributed by atoms with Crippen molar-refractivity contribution >= 4 is 11.4 Å². The van der Waals surface area contributed by atoms with Crippen LogP contribution in [0.5, 0.6) is 0 Å². The summed E-state index contributed by atoms with van der Waals surface area (Å²) in [6.07, 6.45) is 0. The van der Waals surface area contributed by atoms with Gasteiger partial charge in [0.2, 0.25) is 0 Å². The number of rotatable bonds is 10. The molecule has 0 bridgehead atoms. The minimum absolute atomic E-state index is 0.569. The van der Waals surface area contributed by atoms with Crippen molar-refractivity contribution in [2.45, 2.75) is 27.1 Å². The molecule has 4 nitrogen and oxygen atoms in total. The highest BCUT2D eigenvalue weighted by Gasteiger charge is 1.97. The van der Waals surface area contributed by atoms with Crippen molar-refractivity contribution < 1.29 is 9.47 Å². The van der Waals surface area contributed by atoms with Gasteiger partial charge in [-0.15, -0.1) is 0 Å². The van der Waals surface area contributed by atoms with Gasteiger partial charge in [-0.25, -0.2) is 0 Å². The Morgan fingerprint density at radius 3 is 1.35 bits per heavy atom. The SMILES string of the molecule is C=C(C)COCc1ccc(N=Nc2ccc(COCC(=C)C)cc2)cc1. The highest BCUT2D eigenvalue weighted by atomic mass is 16.5. The fraction of sp³-hybridized carbons (Fsp3) is 0.273. The van der Waals surface area contributed by atoms with Gasteiger partial charge in [0.1, 0.15) is 0 Å². The second kappa shape index (κ2) is 10.4. The molecule has 0 heterocycles. The third-order valence-corrected chi connectivity index (χ3v) is 3.39. The van der Waals surface area contributed by atoms with Gasteiger partial charge in [-0.1, -0.05) is 48.6 Å². The summed E-state index contributed by atoms with van der Waals surface area (Å²) in [5.74, 6) is 0. The lowest BCUT2D eigenvalue weighted by atomic mass is 10.2. The summed E-state index contributed by atoms with van der Waals surface area (Å²) < 4.78 is 11.1. The molecule has 2 aromatic rings. The van der Waals surface area contributed by atoms with Crippen LogP contribution in [0, 0.1) is 0 Å². The number of ether oxygens (including phenoxy) is 2.